The van der Waals surface area contributed by atoms with Gasteiger partial charge in [0.2, 0.25) is 5.78 Å². The van der Waals surface area contributed by atoms with E-state index in [1.165, 1.54) is 0 Å². The topological polar surface area (TPSA) is 20.9 Å². The Hall–Kier alpha value is -0.220. The first-order valence-corrected chi connectivity index (χ1v) is 4.22. The van der Waals surface area contributed by atoms with E-state index in [4.69, 9.17) is 0 Å². The van der Waals surface area contributed by atoms with Crippen molar-refractivity contribution < 1.29 is 25.7 Å². The lowest BCUT2D eigenvalue weighted by Gasteiger charge is -2.01. The van der Waals surface area contributed by atoms with Gasteiger partial charge in [-0.05, 0) is 0 Å². The number of hydrogen-bond acceptors (Lipinski definition) is 2. The molecule has 0 amide bonds. The van der Waals surface area contributed by atoms with Gasteiger partial charge in [0.1, 0.15) is 11.5 Å². The number of halogens is 1. The van der Waals surface area contributed by atoms with Gasteiger partial charge in [0.25, 0.3) is 5.69 Å². The zero-order valence-corrected chi connectivity index (χ0v) is 8.32. The summed E-state index contributed by atoms with van der Waals surface area (Å²) in [5.41, 5.74) is 0.899. The van der Waals surface area contributed by atoms with Gasteiger partial charge in [-0.25, -0.2) is 0 Å². The highest BCUT2D eigenvalue weighted by Crippen LogP contribution is 2.09. The number of fused-ring (bicyclic) bond motifs is 1. The molecule has 0 spiro atoms. The van der Waals surface area contributed by atoms with E-state index in [2.05, 4.69) is 3.96 Å². The molecular weight excluding hydrogens is 226 g/mol. The molecular formula is C7H8BrNOS. The molecule has 60 valence electrons. The maximum Gasteiger partial charge on any atom is 0.262 e. The van der Waals surface area contributed by atoms with E-state index in [0.29, 0.717) is 5.78 Å². The molecule has 2 rings (SSSR count). The van der Waals surface area contributed by atoms with Crippen LogP contribution in [0.1, 0.15) is 23.3 Å². The lowest BCUT2D eigenvalue weighted by atomic mass is 10.1. The number of aryl methyl sites for hydroxylation is 1. The van der Waals surface area contributed by atoms with Crippen molar-refractivity contribution in [2.45, 2.75) is 19.4 Å². The molecule has 0 atom stereocenters. The number of ketones is 1. The van der Waals surface area contributed by atoms with Gasteiger partial charge in [-0.3, -0.25) is 4.79 Å². The van der Waals surface area contributed by atoms with E-state index in [1.54, 1.807) is 11.5 Å². The van der Waals surface area contributed by atoms with Gasteiger partial charge in [-0.2, -0.15) is 0 Å². The summed E-state index contributed by atoms with van der Waals surface area (Å²) in [6, 6.07) is 1.91. The molecule has 2 heterocycles. The van der Waals surface area contributed by atoms with Crippen molar-refractivity contribution in [3.05, 3.63) is 17.1 Å². The van der Waals surface area contributed by atoms with E-state index in [1.807, 2.05) is 11.4 Å². The van der Waals surface area contributed by atoms with E-state index < -0.39 is 0 Å². The summed E-state index contributed by atoms with van der Waals surface area (Å²) >= 11 is 1.62. The molecule has 1 aromatic rings. The Morgan fingerprint density at radius 2 is 2.36 bits per heavy atom. The molecule has 0 N–H and O–H groups in total. The second-order valence-corrected chi connectivity index (χ2v) is 3.35. The zero-order chi connectivity index (χ0) is 6.97. The molecule has 0 bridgehead atoms. The molecule has 0 radical (unpaired) electrons. The highest BCUT2D eigenvalue weighted by molar-refractivity contribution is 6.99. The lowest BCUT2D eigenvalue weighted by molar-refractivity contribution is -0.634. The predicted octanol–water partition coefficient (Wildman–Crippen LogP) is -1.98. The third kappa shape index (κ3) is 1.51. The van der Waals surface area contributed by atoms with Crippen molar-refractivity contribution in [3.63, 3.8) is 0 Å². The number of hydrogen-bond donors (Lipinski definition) is 0. The van der Waals surface area contributed by atoms with Crippen molar-refractivity contribution in [1.29, 1.82) is 0 Å². The summed E-state index contributed by atoms with van der Waals surface area (Å²) in [6.45, 7) is 1.03. The van der Waals surface area contributed by atoms with Gasteiger partial charge in [-0.1, -0.05) is 0 Å². The molecule has 1 aromatic heterocycles. The Balaban J connectivity index is 0.000000605. The predicted molar refractivity (Wildman–Crippen MR) is 38.1 cm³/mol. The van der Waals surface area contributed by atoms with Crippen LogP contribution in [0.2, 0.25) is 0 Å². The van der Waals surface area contributed by atoms with Crippen LogP contribution in [0.4, 0.5) is 0 Å². The molecule has 0 aliphatic carbocycles. The molecule has 0 fully saturated rings. The van der Waals surface area contributed by atoms with Crippen molar-refractivity contribution in [1.82, 2.24) is 0 Å². The highest BCUT2D eigenvalue weighted by atomic mass is 79.9. The first-order valence-electron chi connectivity index (χ1n) is 3.39. The minimum atomic E-state index is 0. The SMILES string of the molecule is O=C1CCC[n+]2sccc21.[Br-]. The second kappa shape index (κ2) is 3.45. The maximum atomic E-state index is 11.1. The smallest absolute Gasteiger partial charge is 0.262 e. The molecule has 1 aliphatic heterocycles. The number of carbonyl (C=O) groups is 1. The number of rotatable bonds is 0. The summed E-state index contributed by atoms with van der Waals surface area (Å²) < 4.78 is 2.06. The van der Waals surface area contributed by atoms with Crippen molar-refractivity contribution in [2.24, 2.45) is 0 Å². The normalized spacial score (nSPS) is 15.5. The lowest BCUT2D eigenvalue weighted by Crippen LogP contribution is -3.00. The zero-order valence-electron chi connectivity index (χ0n) is 5.92. The van der Waals surface area contributed by atoms with E-state index in [0.717, 1.165) is 25.1 Å². The second-order valence-electron chi connectivity index (χ2n) is 2.42. The third-order valence-electron chi connectivity index (χ3n) is 1.73. The monoisotopic (exact) mass is 233 g/mol. The summed E-state index contributed by atoms with van der Waals surface area (Å²) in [4.78, 5) is 11.1. The van der Waals surface area contributed by atoms with Crippen LogP contribution in [0.5, 0.6) is 0 Å². The van der Waals surface area contributed by atoms with Gasteiger partial charge in [0, 0.05) is 18.9 Å². The van der Waals surface area contributed by atoms with E-state index in [9.17, 15) is 4.79 Å². The number of Topliss-reactive ketones (excluding diaryl/α,β-unsaturated/α-hetero) is 1. The quantitative estimate of drug-likeness (QED) is 0.476. The number of carbonyl (C=O) groups excluding carboxylic acids is 1. The van der Waals surface area contributed by atoms with Crippen LogP contribution in [-0.2, 0) is 6.54 Å². The van der Waals surface area contributed by atoms with E-state index >= 15 is 0 Å². The molecule has 1 aliphatic rings. The van der Waals surface area contributed by atoms with Gasteiger partial charge < -0.3 is 17.0 Å². The minimum Gasteiger partial charge on any atom is -1.00 e. The van der Waals surface area contributed by atoms with Crippen LogP contribution in [0.25, 0.3) is 0 Å². The fraction of sp³-hybridized carbons (Fsp3) is 0.429. The molecule has 0 unspecified atom stereocenters. The maximum absolute atomic E-state index is 11.1. The van der Waals surface area contributed by atoms with Crippen molar-refractivity contribution >= 4 is 17.3 Å². The fourth-order valence-electron chi connectivity index (χ4n) is 1.22. The van der Waals surface area contributed by atoms with Gasteiger partial charge in [-0.15, -0.1) is 3.96 Å². The van der Waals surface area contributed by atoms with Gasteiger partial charge in [0.15, 0.2) is 6.54 Å². The van der Waals surface area contributed by atoms with Crippen molar-refractivity contribution in [2.75, 3.05) is 0 Å². The van der Waals surface area contributed by atoms with Crippen LogP contribution in [0, 0.1) is 0 Å². The van der Waals surface area contributed by atoms with Crippen LogP contribution in [0.3, 0.4) is 0 Å². The largest absolute Gasteiger partial charge is 1.00 e. The van der Waals surface area contributed by atoms with Crippen LogP contribution >= 0.6 is 11.5 Å². The molecule has 11 heavy (non-hydrogen) atoms. The third-order valence-corrected chi connectivity index (χ3v) is 2.62. The fourth-order valence-corrected chi connectivity index (χ4v) is 2.07. The van der Waals surface area contributed by atoms with Crippen LogP contribution < -0.4 is 20.9 Å². The average molecular weight is 234 g/mol. The standard InChI is InChI=1S/C7H8NOS.BrH/c9-7-2-1-4-8-6(7)3-5-10-8;/h3,5H,1-2,4H2;1H/q+1;/p-1. The summed E-state index contributed by atoms with van der Waals surface area (Å²) in [7, 11) is 0. The minimum absolute atomic E-state index is 0. The Morgan fingerprint density at radius 1 is 1.55 bits per heavy atom. The van der Waals surface area contributed by atoms with Crippen LogP contribution in [0.15, 0.2) is 11.4 Å². The molecule has 2 nitrogen and oxygen atoms in total. The number of aromatic nitrogens is 1. The first kappa shape index (κ1) is 8.87. The number of nitrogens with zero attached hydrogens (tertiary/aromatic N) is 1. The van der Waals surface area contributed by atoms with E-state index in [-0.39, 0.29) is 17.0 Å². The van der Waals surface area contributed by atoms with Crippen molar-refractivity contribution in [3.8, 4) is 0 Å². The van der Waals surface area contributed by atoms with Crippen LogP contribution in [-0.4, -0.2) is 5.78 Å². The Labute approximate surface area is 79.8 Å². The molecule has 0 saturated heterocycles. The Morgan fingerprint density at radius 3 is 3.09 bits per heavy atom. The summed E-state index contributed by atoms with van der Waals surface area (Å²) in [6.07, 6.45) is 1.74. The highest BCUT2D eigenvalue weighted by Gasteiger charge is 2.25. The molecule has 4 heteroatoms. The molecule has 0 aromatic carbocycles. The Bertz CT molecular complexity index is 271. The molecule has 0 saturated carbocycles. The summed E-state index contributed by atoms with van der Waals surface area (Å²) in [5, 5.41) is 1.97. The summed E-state index contributed by atoms with van der Waals surface area (Å²) in [5.74, 6) is 0.299. The Kier molecular flexibility index (Phi) is 2.78. The first-order chi connectivity index (χ1) is 4.88. The van der Waals surface area contributed by atoms with Gasteiger partial charge >= 0.3 is 0 Å². The average Bonchev–Trinajstić information content (AvgIpc) is 2.36. The van der Waals surface area contributed by atoms with Gasteiger partial charge in [0.05, 0.1) is 5.38 Å².